The van der Waals surface area contributed by atoms with Crippen LogP contribution in [0, 0.1) is 0 Å². The molecule has 0 spiro atoms. The van der Waals surface area contributed by atoms with Crippen LogP contribution in [0.2, 0.25) is 0 Å². The molecule has 1 aromatic heterocycles. The van der Waals surface area contributed by atoms with Crippen molar-refractivity contribution in [3.05, 3.63) is 30.6 Å². The molecule has 0 N–H and O–H groups in total. The lowest BCUT2D eigenvalue weighted by atomic mass is 10.0. The largest absolute Gasteiger partial charge is 0.497 e. The average Bonchev–Trinajstić information content (AvgIpc) is 3.22. The van der Waals surface area contributed by atoms with E-state index in [0.29, 0.717) is 6.04 Å². The number of ether oxygens (including phenoxy) is 1. The van der Waals surface area contributed by atoms with E-state index in [9.17, 15) is 0 Å². The molecular weight excluding hydrogens is 288 g/mol. The monoisotopic (exact) mass is 312 g/mol. The van der Waals surface area contributed by atoms with Crippen molar-refractivity contribution in [2.75, 3.05) is 38.2 Å². The maximum atomic E-state index is 5.47. The Kier molecular flexibility index (Phi) is 3.73. The van der Waals surface area contributed by atoms with E-state index in [1.165, 1.54) is 36.2 Å². The van der Waals surface area contributed by atoms with Gasteiger partial charge >= 0.3 is 0 Å². The topological polar surface area (TPSA) is 33.5 Å². The van der Waals surface area contributed by atoms with Crippen molar-refractivity contribution in [3.63, 3.8) is 0 Å². The van der Waals surface area contributed by atoms with E-state index >= 15 is 0 Å². The van der Waals surface area contributed by atoms with E-state index in [1.54, 1.807) is 7.11 Å². The summed E-state index contributed by atoms with van der Waals surface area (Å²) in [5, 5.41) is 4.33. The van der Waals surface area contributed by atoms with Crippen LogP contribution < -0.4 is 9.64 Å². The fraction of sp³-hybridized carbons (Fsp3) is 0.500. The molecule has 4 rings (SSSR count). The predicted octanol–water partition coefficient (Wildman–Crippen LogP) is 2.38. The molecule has 5 heteroatoms. The third kappa shape index (κ3) is 2.70. The van der Waals surface area contributed by atoms with Crippen molar-refractivity contribution in [1.82, 2.24) is 14.7 Å². The summed E-state index contributed by atoms with van der Waals surface area (Å²) in [6.07, 6.45) is 6.68. The van der Waals surface area contributed by atoms with Crippen molar-refractivity contribution >= 4 is 5.69 Å². The number of fused-ring (bicyclic) bond motifs is 1. The van der Waals surface area contributed by atoms with E-state index in [-0.39, 0.29) is 0 Å². The summed E-state index contributed by atoms with van der Waals surface area (Å²) in [5.41, 5.74) is 3.67. The van der Waals surface area contributed by atoms with Gasteiger partial charge < -0.3 is 9.64 Å². The molecule has 5 nitrogen and oxygen atoms in total. The fourth-order valence-electron chi connectivity index (χ4n) is 3.91. The van der Waals surface area contributed by atoms with E-state index in [2.05, 4.69) is 33.2 Å². The van der Waals surface area contributed by atoms with Crippen molar-refractivity contribution < 1.29 is 4.74 Å². The van der Waals surface area contributed by atoms with Gasteiger partial charge in [-0.15, -0.1) is 0 Å². The Hall–Kier alpha value is -2.01. The van der Waals surface area contributed by atoms with Gasteiger partial charge in [-0.3, -0.25) is 9.58 Å². The third-order valence-corrected chi connectivity index (χ3v) is 5.15. The smallest absolute Gasteiger partial charge is 0.120 e. The minimum absolute atomic E-state index is 0.705. The highest BCUT2D eigenvalue weighted by Crippen LogP contribution is 2.36. The quantitative estimate of drug-likeness (QED) is 0.871. The molecule has 2 aliphatic heterocycles. The number of methoxy groups -OCH3 is 1. The number of aryl methyl sites for hydroxylation is 1. The first kappa shape index (κ1) is 14.6. The first-order valence-corrected chi connectivity index (χ1v) is 8.40. The summed E-state index contributed by atoms with van der Waals surface area (Å²) < 4.78 is 7.33. The highest BCUT2D eigenvalue weighted by atomic mass is 16.5. The molecule has 2 aromatic rings. The summed E-state index contributed by atoms with van der Waals surface area (Å²) in [6, 6.07) is 7.08. The molecule has 0 radical (unpaired) electrons. The van der Waals surface area contributed by atoms with Gasteiger partial charge in [0.15, 0.2) is 0 Å². The summed E-state index contributed by atoms with van der Waals surface area (Å²) in [7, 11) is 3.70. The third-order valence-electron chi connectivity index (χ3n) is 5.15. The molecule has 1 unspecified atom stereocenters. The zero-order valence-electron chi connectivity index (χ0n) is 13.9. The van der Waals surface area contributed by atoms with E-state index in [0.717, 1.165) is 25.4 Å². The first-order chi connectivity index (χ1) is 11.2. The zero-order valence-corrected chi connectivity index (χ0v) is 13.9. The molecule has 2 aliphatic rings. The number of piperazine rings is 1. The number of nitrogens with zero attached hydrogens (tertiary/aromatic N) is 4. The average molecular weight is 312 g/mol. The van der Waals surface area contributed by atoms with Gasteiger partial charge in [0.1, 0.15) is 5.75 Å². The summed E-state index contributed by atoms with van der Waals surface area (Å²) in [4.78, 5) is 5.16. The minimum Gasteiger partial charge on any atom is -0.497 e. The molecule has 2 fully saturated rings. The Morgan fingerprint density at radius 3 is 2.91 bits per heavy atom. The van der Waals surface area contributed by atoms with Crippen LogP contribution in [0.1, 0.15) is 12.8 Å². The second-order valence-electron chi connectivity index (χ2n) is 6.56. The molecule has 0 aliphatic carbocycles. The van der Waals surface area contributed by atoms with Crippen LogP contribution in [0.15, 0.2) is 30.6 Å². The van der Waals surface area contributed by atoms with Gasteiger partial charge in [-0.25, -0.2) is 0 Å². The molecule has 2 saturated heterocycles. The molecule has 122 valence electrons. The SMILES string of the molecule is COc1ccc(-c2cnn(C)c2)c(N2CCN3CCCC3C2)c1. The lowest BCUT2D eigenvalue weighted by Gasteiger charge is -2.39. The lowest BCUT2D eigenvalue weighted by molar-refractivity contribution is 0.231. The van der Waals surface area contributed by atoms with Crippen molar-refractivity contribution in [2.24, 2.45) is 7.05 Å². The molecular formula is C18H24N4O. The maximum Gasteiger partial charge on any atom is 0.120 e. The van der Waals surface area contributed by atoms with Crippen molar-refractivity contribution in [1.29, 1.82) is 0 Å². The van der Waals surface area contributed by atoms with Gasteiger partial charge in [-0.2, -0.15) is 5.10 Å². The number of hydrogen-bond acceptors (Lipinski definition) is 4. The predicted molar refractivity (Wildman–Crippen MR) is 92.0 cm³/mol. The van der Waals surface area contributed by atoms with Crippen LogP contribution >= 0.6 is 0 Å². The van der Waals surface area contributed by atoms with Crippen molar-refractivity contribution in [2.45, 2.75) is 18.9 Å². The van der Waals surface area contributed by atoms with Crippen LogP contribution in [0.5, 0.6) is 5.75 Å². The summed E-state index contributed by atoms with van der Waals surface area (Å²) in [5.74, 6) is 0.918. The number of hydrogen-bond donors (Lipinski definition) is 0. The fourth-order valence-corrected chi connectivity index (χ4v) is 3.91. The molecule has 0 saturated carbocycles. The van der Waals surface area contributed by atoms with Gasteiger partial charge in [-0.1, -0.05) is 0 Å². The normalized spacial score (nSPS) is 21.5. The molecule has 0 amide bonds. The standard InChI is InChI=1S/C18H24N4O/c1-20-12-14(11-19-20)17-6-5-16(23-2)10-18(17)22-9-8-21-7-3-4-15(21)13-22/h5-6,10-12,15H,3-4,7-9,13H2,1-2H3. The molecule has 0 bridgehead atoms. The van der Waals surface area contributed by atoms with E-state index < -0.39 is 0 Å². The van der Waals surface area contributed by atoms with Crippen LogP contribution in [0.25, 0.3) is 11.1 Å². The Balaban J connectivity index is 1.70. The van der Waals surface area contributed by atoms with Gasteiger partial charge in [0.05, 0.1) is 13.3 Å². The van der Waals surface area contributed by atoms with E-state index in [1.807, 2.05) is 24.0 Å². The number of anilines is 1. The lowest BCUT2D eigenvalue weighted by Crippen LogP contribution is -2.50. The Morgan fingerprint density at radius 2 is 2.13 bits per heavy atom. The summed E-state index contributed by atoms with van der Waals surface area (Å²) in [6.45, 7) is 4.62. The maximum absolute atomic E-state index is 5.47. The van der Waals surface area contributed by atoms with Gasteiger partial charge in [0.2, 0.25) is 0 Å². The van der Waals surface area contributed by atoms with Gasteiger partial charge in [0.25, 0.3) is 0 Å². The number of benzene rings is 1. The summed E-state index contributed by atoms with van der Waals surface area (Å²) >= 11 is 0. The Bertz CT molecular complexity index is 696. The zero-order chi connectivity index (χ0) is 15.8. The highest BCUT2D eigenvalue weighted by Gasteiger charge is 2.31. The second kappa shape index (κ2) is 5.89. The van der Waals surface area contributed by atoms with Crippen molar-refractivity contribution in [3.8, 4) is 16.9 Å². The number of aromatic nitrogens is 2. The van der Waals surface area contributed by atoms with Gasteiger partial charge in [0, 0.05) is 61.8 Å². The van der Waals surface area contributed by atoms with Crippen LogP contribution in [0.3, 0.4) is 0 Å². The van der Waals surface area contributed by atoms with Gasteiger partial charge in [-0.05, 0) is 31.5 Å². The first-order valence-electron chi connectivity index (χ1n) is 8.40. The van der Waals surface area contributed by atoms with E-state index in [4.69, 9.17) is 4.74 Å². The van der Waals surface area contributed by atoms with Crippen LogP contribution in [-0.2, 0) is 7.05 Å². The Morgan fingerprint density at radius 1 is 1.22 bits per heavy atom. The van der Waals surface area contributed by atoms with Crippen LogP contribution in [-0.4, -0.2) is 54.0 Å². The molecule has 1 atom stereocenters. The molecule has 23 heavy (non-hydrogen) atoms. The highest BCUT2D eigenvalue weighted by molar-refractivity contribution is 5.79. The molecule has 3 heterocycles. The van der Waals surface area contributed by atoms with Crippen LogP contribution in [0.4, 0.5) is 5.69 Å². The second-order valence-corrected chi connectivity index (χ2v) is 6.56. The minimum atomic E-state index is 0.705. The molecule has 1 aromatic carbocycles. The number of rotatable bonds is 3. The Labute approximate surface area is 137 Å².